The van der Waals surface area contributed by atoms with Crippen LogP contribution in [0.2, 0.25) is 0 Å². The van der Waals surface area contributed by atoms with Crippen molar-refractivity contribution in [3.63, 3.8) is 0 Å². The van der Waals surface area contributed by atoms with Gasteiger partial charge in [-0.3, -0.25) is 9.59 Å². The molecule has 126 valence electrons. The molecule has 24 heavy (non-hydrogen) atoms. The summed E-state index contributed by atoms with van der Waals surface area (Å²) >= 11 is 1.33. The van der Waals surface area contributed by atoms with Crippen LogP contribution >= 0.6 is 11.8 Å². The zero-order chi connectivity index (χ0) is 17.6. The molecule has 2 aromatic rings. The van der Waals surface area contributed by atoms with E-state index in [4.69, 9.17) is 0 Å². The van der Waals surface area contributed by atoms with E-state index in [1.165, 1.54) is 17.3 Å². The minimum absolute atomic E-state index is 0.0444. The summed E-state index contributed by atoms with van der Waals surface area (Å²) in [6.45, 7) is 6.46. The van der Waals surface area contributed by atoms with Crippen LogP contribution in [-0.2, 0) is 10.2 Å². The van der Waals surface area contributed by atoms with Gasteiger partial charge in [-0.15, -0.1) is 11.8 Å². The van der Waals surface area contributed by atoms with Crippen molar-refractivity contribution in [3.05, 3.63) is 65.7 Å². The van der Waals surface area contributed by atoms with Gasteiger partial charge in [-0.1, -0.05) is 63.2 Å². The first-order chi connectivity index (χ1) is 11.4. The van der Waals surface area contributed by atoms with Crippen molar-refractivity contribution in [2.75, 3.05) is 16.8 Å². The predicted molar refractivity (Wildman–Crippen MR) is 102 cm³/mol. The SMILES string of the molecule is CC(C)(C)c1ccc(NC(=O)CSCC(=O)c2ccccc2)cc1. The topological polar surface area (TPSA) is 46.2 Å². The van der Waals surface area contributed by atoms with E-state index in [2.05, 4.69) is 26.1 Å². The van der Waals surface area contributed by atoms with Gasteiger partial charge in [0.25, 0.3) is 0 Å². The number of carbonyl (C=O) groups is 2. The molecule has 3 nitrogen and oxygen atoms in total. The third-order valence-corrected chi connectivity index (χ3v) is 4.53. The number of nitrogens with one attached hydrogen (secondary N) is 1. The first-order valence-corrected chi connectivity index (χ1v) is 9.08. The highest BCUT2D eigenvalue weighted by Crippen LogP contribution is 2.23. The summed E-state index contributed by atoms with van der Waals surface area (Å²) in [4.78, 5) is 23.9. The van der Waals surface area contributed by atoms with Gasteiger partial charge in [-0.2, -0.15) is 0 Å². The van der Waals surface area contributed by atoms with Crippen molar-refractivity contribution in [2.45, 2.75) is 26.2 Å². The van der Waals surface area contributed by atoms with Crippen LogP contribution in [0.1, 0.15) is 36.7 Å². The van der Waals surface area contributed by atoms with Gasteiger partial charge in [0.2, 0.25) is 5.91 Å². The number of rotatable bonds is 6. The summed E-state index contributed by atoms with van der Waals surface area (Å²) in [5.41, 5.74) is 2.78. The fourth-order valence-electron chi connectivity index (χ4n) is 2.19. The van der Waals surface area contributed by atoms with Crippen molar-refractivity contribution in [3.8, 4) is 0 Å². The molecule has 0 atom stereocenters. The molecule has 0 unspecified atom stereocenters. The number of carbonyl (C=O) groups excluding carboxylic acids is 2. The Morgan fingerprint density at radius 3 is 2.12 bits per heavy atom. The number of thioether (sulfide) groups is 1. The van der Waals surface area contributed by atoms with Crippen LogP contribution in [0.4, 0.5) is 5.69 Å². The summed E-state index contributed by atoms with van der Waals surface area (Å²) in [5, 5.41) is 2.86. The summed E-state index contributed by atoms with van der Waals surface area (Å²) in [6, 6.07) is 17.0. The fourth-order valence-corrected chi connectivity index (χ4v) is 2.91. The quantitative estimate of drug-likeness (QED) is 0.785. The second-order valence-electron chi connectivity index (χ2n) is 6.66. The van der Waals surface area contributed by atoms with Crippen molar-refractivity contribution in [1.82, 2.24) is 0 Å². The largest absolute Gasteiger partial charge is 0.325 e. The second kappa shape index (κ2) is 8.15. The first kappa shape index (κ1) is 18.3. The average Bonchev–Trinajstić information content (AvgIpc) is 2.55. The molecule has 0 saturated heterocycles. The van der Waals surface area contributed by atoms with E-state index in [0.717, 1.165) is 5.69 Å². The fraction of sp³-hybridized carbons (Fsp3) is 0.300. The highest BCUT2D eigenvalue weighted by Gasteiger charge is 2.13. The minimum atomic E-state index is -0.0932. The number of amides is 1. The van der Waals surface area contributed by atoms with Crippen LogP contribution in [0.25, 0.3) is 0 Å². The van der Waals surface area contributed by atoms with Crippen LogP contribution in [0.3, 0.4) is 0 Å². The van der Waals surface area contributed by atoms with Crippen LogP contribution in [0, 0.1) is 0 Å². The van der Waals surface area contributed by atoms with Gasteiger partial charge in [0.05, 0.1) is 11.5 Å². The van der Waals surface area contributed by atoms with Gasteiger partial charge in [0.15, 0.2) is 5.78 Å². The van der Waals surface area contributed by atoms with E-state index < -0.39 is 0 Å². The van der Waals surface area contributed by atoms with Gasteiger partial charge in [-0.25, -0.2) is 0 Å². The highest BCUT2D eigenvalue weighted by atomic mass is 32.2. The molecule has 1 amide bonds. The molecule has 4 heteroatoms. The molecule has 0 saturated carbocycles. The first-order valence-electron chi connectivity index (χ1n) is 7.92. The summed E-state index contributed by atoms with van der Waals surface area (Å²) in [7, 11) is 0. The lowest BCUT2D eigenvalue weighted by atomic mass is 9.87. The molecular weight excluding hydrogens is 318 g/mol. The number of anilines is 1. The standard InChI is InChI=1S/C20H23NO2S/c1-20(2,3)16-9-11-17(12-10-16)21-19(23)14-24-13-18(22)15-7-5-4-6-8-15/h4-12H,13-14H2,1-3H3,(H,21,23). The smallest absolute Gasteiger partial charge is 0.234 e. The van der Waals surface area contributed by atoms with Crippen LogP contribution < -0.4 is 5.32 Å². The Morgan fingerprint density at radius 2 is 1.54 bits per heavy atom. The van der Waals surface area contributed by atoms with Crippen molar-refractivity contribution >= 4 is 29.1 Å². The molecule has 0 aliphatic heterocycles. The Bertz CT molecular complexity index is 688. The average molecular weight is 341 g/mol. The normalized spacial score (nSPS) is 11.1. The molecule has 2 aromatic carbocycles. The monoisotopic (exact) mass is 341 g/mol. The van der Waals surface area contributed by atoms with Gasteiger partial charge in [-0.05, 0) is 23.1 Å². The number of hydrogen-bond acceptors (Lipinski definition) is 3. The Hall–Kier alpha value is -2.07. The molecule has 0 fully saturated rings. The summed E-state index contributed by atoms with van der Waals surface area (Å²) < 4.78 is 0. The van der Waals surface area contributed by atoms with Crippen LogP contribution in [0.5, 0.6) is 0 Å². The number of hydrogen-bond donors (Lipinski definition) is 1. The maximum atomic E-state index is 12.0. The zero-order valence-electron chi connectivity index (χ0n) is 14.3. The van der Waals surface area contributed by atoms with E-state index in [9.17, 15) is 9.59 Å². The van der Waals surface area contributed by atoms with Crippen LogP contribution in [0.15, 0.2) is 54.6 Å². The molecule has 0 aliphatic carbocycles. The van der Waals surface area contributed by atoms with E-state index in [0.29, 0.717) is 11.3 Å². The van der Waals surface area contributed by atoms with E-state index in [-0.39, 0.29) is 22.9 Å². The van der Waals surface area contributed by atoms with E-state index in [1.54, 1.807) is 12.1 Å². The molecule has 0 radical (unpaired) electrons. The van der Waals surface area contributed by atoms with Gasteiger partial charge < -0.3 is 5.32 Å². The van der Waals surface area contributed by atoms with Crippen molar-refractivity contribution in [1.29, 1.82) is 0 Å². The summed E-state index contributed by atoms with van der Waals surface area (Å²) in [5.74, 6) is 0.521. The van der Waals surface area contributed by atoms with Crippen molar-refractivity contribution in [2.24, 2.45) is 0 Å². The lowest BCUT2D eigenvalue weighted by Crippen LogP contribution is -2.16. The van der Waals surface area contributed by atoms with Gasteiger partial charge in [0, 0.05) is 11.3 Å². The molecular formula is C20H23NO2S. The molecule has 1 N–H and O–H groups in total. The Labute approximate surface area is 147 Å². The van der Waals surface area contributed by atoms with E-state index >= 15 is 0 Å². The molecule has 0 aliphatic rings. The second-order valence-corrected chi connectivity index (χ2v) is 7.64. The predicted octanol–water partition coefficient (Wildman–Crippen LogP) is 4.54. The number of Topliss-reactive ketones (excluding diaryl/α,β-unsaturated/α-hetero) is 1. The van der Waals surface area contributed by atoms with Gasteiger partial charge in [0.1, 0.15) is 0 Å². The third-order valence-electron chi connectivity index (χ3n) is 3.60. The Morgan fingerprint density at radius 1 is 0.917 bits per heavy atom. The summed E-state index contributed by atoms with van der Waals surface area (Å²) in [6.07, 6.45) is 0. The highest BCUT2D eigenvalue weighted by molar-refractivity contribution is 8.00. The molecule has 0 heterocycles. The lowest BCUT2D eigenvalue weighted by Gasteiger charge is -2.19. The molecule has 0 spiro atoms. The van der Waals surface area contributed by atoms with E-state index in [1.807, 2.05) is 42.5 Å². The van der Waals surface area contributed by atoms with Crippen molar-refractivity contribution < 1.29 is 9.59 Å². The van der Waals surface area contributed by atoms with Gasteiger partial charge >= 0.3 is 0 Å². The number of benzene rings is 2. The Balaban J connectivity index is 1.78. The van der Waals surface area contributed by atoms with Crippen LogP contribution in [-0.4, -0.2) is 23.2 Å². The lowest BCUT2D eigenvalue weighted by molar-refractivity contribution is -0.113. The Kier molecular flexibility index (Phi) is 6.21. The maximum Gasteiger partial charge on any atom is 0.234 e. The zero-order valence-corrected chi connectivity index (χ0v) is 15.2. The third kappa shape index (κ3) is 5.53. The minimum Gasteiger partial charge on any atom is -0.325 e. The molecule has 0 bridgehead atoms. The molecule has 0 aromatic heterocycles. The molecule has 2 rings (SSSR count). The number of ketones is 1. The maximum absolute atomic E-state index is 12.0.